The van der Waals surface area contributed by atoms with E-state index in [0.717, 1.165) is 5.56 Å². The van der Waals surface area contributed by atoms with Crippen LogP contribution in [0.1, 0.15) is 24.4 Å². The van der Waals surface area contributed by atoms with E-state index in [0.29, 0.717) is 37.1 Å². The van der Waals surface area contributed by atoms with E-state index in [1.54, 1.807) is 18.1 Å². The molecule has 0 radical (unpaired) electrons. The molecule has 0 spiro atoms. The maximum absolute atomic E-state index is 13.3. The van der Waals surface area contributed by atoms with Crippen LogP contribution in [0.5, 0.6) is 5.75 Å². The summed E-state index contributed by atoms with van der Waals surface area (Å²) in [6.07, 6.45) is 4.46. The van der Waals surface area contributed by atoms with Crippen molar-refractivity contribution in [1.29, 1.82) is 0 Å². The first-order valence-electron chi connectivity index (χ1n) is 9.71. The molecule has 30 heavy (non-hydrogen) atoms. The number of rotatable bonds is 4. The average molecular weight is 408 g/mol. The first kappa shape index (κ1) is 19.8. The number of methoxy groups -OCH3 is 1. The van der Waals surface area contributed by atoms with Gasteiger partial charge in [0.25, 0.3) is 5.56 Å². The number of para-hydroxylation sites is 1. The predicted octanol–water partition coefficient (Wildman–Crippen LogP) is 2.82. The molecule has 0 N–H and O–H groups in total. The number of aromatic nitrogens is 3. The van der Waals surface area contributed by atoms with E-state index >= 15 is 0 Å². The number of likely N-dealkylation sites (tertiary alicyclic amines) is 1. The van der Waals surface area contributed by atoms with Crippen molar-refractivity contribution in [2.24, 2.45) is 0 Å². The van der Waals surface area contributed by atoms with Crippen molar-refractivity contribution >= 4 is 22.9 Å². The molecule has 0 atom stereocenters. The molecule has 0 unspecified atom stereocenters. The van der Waals surface area contributed by atoms with E-state index in [-0.39, 0.29) is 23.0 Å². The molecule has 1 aliphatic rings. The SMILES string of the molecule is COc1ccccc1/C=C/C(=O)N1CCC(n2nnc3cc(F)ccc3c2=O)CC1. The molecule has 1 saturated heterocycles. The van der Waals surface area contributed by atoms with Crippen LogP contribution in [-0.2, 0) is 4.79 Å². The lowest BCUT2D eigenvalue weighted by atomic mass is 10.0. The number of hydrogen-bond donors (Lipinski definition) is 0. The Kier molecular flexibility index (Phi) is 5.56. The number of nitrogens with zero attached hydrogens (tertiary/aromatic N) is 4. The molecule has 1 fully saturated rings. The highest BCUT2D eigenvalue weighted by atomic mass is 19.1. The van der Waals surface area contributed by atoms with Gasteiger partial charge in [-0.3, -0.25) is 9.59 Å². The van der Waals surface area contributed by atoms with E-state index in [2.05, 4.69) is 10.3 Å². The Balaban J connectivity index is 1.44. The van der Waals surface area contributed by atoms with Crippen LogP contribution in [0.3, 0.4) is 0 Å². The Morgan fingerprint density at radius 1 is 1.20 bits per heavy atom. The first-order chi connectivity index (χ1) is 14.6. The number of carbonyl (C=O) groups is 1. The van der Waals surface area contributed by atoms with Gasteiger partial charge < -0.3 is 9.64 Å². The number of carbonyl (C=O) groups excluding carboxylic acids is 1. The summed E-state index contributed by atoms with van der Waals surface area (Å²) in [5.74, 6) is 0.156. The number of fused-ring (bicyclic) bond motifs is 1. The highest BCUT2D eigenvalue weighted by molar-refractivity contribution is 5.92. The molecule has 7 nitrogen and oxygen atoms in total. The third-order valence-corrected chi connectivity index (χ3v) is 5.31. The fourth-order valence-electron chi connectivity index (χ4n) is 3.67. The third-order valence-electron chi connectivity index (χ3n) is 5.31. The number of ether oxygens (including phenoxy) is 1. The second-order valence-corrected chi connectivity index (χ2v) is 7.13. The lowest BCUT2D eigenvalue weighted by Gasteiger charge is -2.31. The normalized spacial score (nSPS) is 15.1. The van der Waals surface area contributed by atoms with Crippen LogP contribution in [-0.4, -0.2) is 46.0 Å². The summed E-state index contributed by atoms with van der Waals surface area (Å²) in [4.78, 5) is 27.0. The molecule has 2 heterocycles. The smallest absolute Gasteiger partial charge is 0.277 e. The van der Waals surface area contributed by atoms with Gasteiger partial charge in [0, 0.05) is 30.8 Å². The molecular weight excluding hydrogens is 387 g/mol. The summed E-state index contributed by atoms with van der Waals surface area (Å²) in [7, 11) is 1.59. The highest BCUT2D eigenvalue weighted by Crippen LogP contribution is 2.22. The van der Waals surface area contributed by atoms with Gasteiger partial charge >= 0.3 is 0 Å². The van der Waals surface area contributed by atoms with E-state index < -0.39 is 5.82 Å². The van der Waals surface area contributed by atoms with Gasteiger partial charge in [0.15, 0.2) is 0 Å². The summed E-state index contributed by atoms with van der Waals surface area (Å²) >= 11 is 0. The van der Waals surface area contributed by atoms with Crippen LogP contribution in [0.4, 0.5) is 4.39 Å². The van der Waals surface area contributed by atoms with Crippen molar-refractivity contribution < 1.29 is 13.9 Å². The molecule has 1 aliphatic heterocycles. The minimum absolute atomic E-state index is 0.0910. The Morgan fingerprint density at radius 2 is 1.97 bits per heavy atom. The van der Waals surface area contributed by atoms with Gasteiger partial charge in [-0.2, -0.15) is 0 Å². The Morgan fingerprint density at radius 3 is 2.73 bits per heavy atom. The molecule has 1 aromatic heterocycles. The van der Waals surface area contributed by atoms with E-state index in [1.165, 1.54) is 29.0 Å². The van der Waals surface area contributed by atoms with Crippen molar-refractivity contribution in [2.45, 2.75) is 18.9 Å². The van der Waals surface area contributed by atoms with Gasteiger partial charge in [-0.1, -0.05) is 23.4 Å². The van der Waals surface area contributed by atoms with E-state index in [9.17, 15) is 14.0 Å². The standard InChI is InChI=1S/C22H21FN4O3/c1-30-20-5-3-2-4-15(20)6-9-21(28)26-12-10-17(11-13-26)27-22(29)18-8-7-16(23)14-19(18)24-25-27/h2-9,14,17H,10-13H2,1H3/b9-6+. The predicted molar refractivity (Wildman–Crippen MR) is 111 cm³/mol. The second kappa shape index (κ2) is 8.44. The highest BCUT2D eigenvalue weighted by Gasteiger charge is 2.25. The van der Waals surface area contributed by atoms with Crippen LogP contribution in [0.15, 0.2) is 53.3 Å². The van der Waals surface area contributed by atoms with Crippen molar-refractivity contribution in [3.05, 3.63) is 70.3 Å². The summed E-state index contributed by atoms with van der Waals surface area (Å²) < 4.78 is 20.0. The molecule has 154 valence electrons. The molecule has 3 aromatic rings. The number of benzene rings is 2. The Bertz CT molecular complexity index is 1170. The monoisotopic (exact) mass is 408 g/mol. The molecule has 0 saturated carbocycles. The zero-order valence-corrected chi connectivity index (χ0v) is 16.5. The number of halogens is 1. The van der Waals surface area contributed by atoms with Crippen LogP contribution in [0.2, 0.25) is 0 Å². The van der Waals surface area contributed by atoms with Gasteiger partial charge in [0.1, 0.15) is 17.1 Å². The fourth-order valence-corrected chi connectivity index (χ4v) is 3.67. The molecule has 0 aliphatic carbocycles. The molecule has 4 rings (SSSR count). The van der Waals surface area contributed by atoms with Crippen molar-refractivity contribution in [2.75, 3.05) is 20.2 Å². The van der Waals surface area contributed by atoms with E-state index in [1.807, 2.05) is 24.3 Å². The minimum atomic E-state index is -0.457. The van der Waals surface area contributed by atoms with Crippen LogP contribution in [0.25, 0.3) is 17.0 Å². The van der Waals surface area contributed by atoms with Gasteiger partial charge in [-0.25, -0.2) is 9.07 Å². The quantitative estimate of drug-likeness (QED) is 0.621. The van der Waals surface area contributed by atoms with Crippen molar-refractivity contribution in [3.8, 4) is 5.75 Å². The maximum atomic E-state index is 13.3. The average Bonchev–Trinajstić information content (AvgIpc) is 2.78. The summed E-state index contributed by atoms with van der Waals surface area (Å²) in [5, 5.41) is 8.31. The van der Waals surface area contributed by atoms with E-state index in [4.69, 9.17) is 4.74 Å². The Labute approximate surface area is 172 Å². The topological polar surface area (TPSA) is 77.3 Å². The first-order valence-corrected chi connectivity index (χ1v) is 9.71. The zero-order chi connectivity index (χ0) is 21.1. The maximum Gasteiger partial charge on any atom is 0.277 e. The fraction of sp³-hybridized carbons (Fsp3) is 0.273. The van der Waals surface area contributed by atoms with Crippen LogP contribution < -0.4 is 10.3 Å². The third kappa shape index (κ3) is 3.94. The lowest BCUT2D eigenvalue weighted by Crippen LogP contribution is -2.41. The molecule has 8 heteroatoms. The molecular formula is C22H21FN4O3. The second-order valence-electron chi connectivity index (χ2n) is 7.13. The minimum Gasteiger partial charge on any atom is -0.496 e. The van der Waals surface area contributed by atoms with Crippen LogP contribution >= 0.6 is 0 Å². The number of piperidine rings is 1. The van der Waals surface area contributed by atoms with Crippen LogP contribution in [0, 0.1) is 5.82 Å². The molecule has 0 bridgehead atoms. The molecule has 2 aromatic carbocycles. The Hall–Kier alpha value is -3.55. The summed E-state index contributed by atoms with van der Waals surface area (Å²) in [5.41, 5.74) is 0.781. The number of hydrogen-bond acceptors (Lipinski definition) is 5. The molecule has 1 amide bonds. The summed E-state index contributed by atoms with van der Waals surface area (Å²) in [6.45, 7) is 1.02. The van der Waals surface area contributed by atoms with Crippen molar-refractivity contribution in [1.82, 2.24) is 19.9 Å². The van der Waals surface area contributed by atoms with Gasteiger partial charge in [0.05, 0.1) is 18.5 Å². The van der Waals surface area contributed by atoms with Gasteiger partial charge in [-0.15, -0.1) is 5.10 Å². The van der Waals surface area contributed by atoms with Gasteiger partial charge in [-0.05, 0) is 37.1 Å². The summed E-state index contributed by atoms with van der Waals surface area (Å²) in [6, 6.07) is 11.2. The lowest BCUT2D eigenvalue weighted by molar-refractivity contribution is -0.127. The zero-order valence-electron chi connectivity index (χ0n) is 16.5. The van der Waals surface area contributed by atoms with Crippen molar-refractivity contribution in [3.63, 3.8) is 0 Å². The van der Waals surface area contributed by atoms with Gasteiger partial charge in [0.2, 0.25) is 5.91 Å². The number of amides is 1. The largest absolute Gasteiger partial charge is 0.496 e.